The van der Waals surface area contributed by atoms with Crippen LogP contribution in [-0.2, 0) is 10.3 Å². The summed E-state index contributed by atoms with van der Waals surface area (Å²) < 4.78 is 6.26. The van der Waals surface area contributed by atoms with Crippen LogP contribution in [0.4, 0.5) is 0 Å². The van der Waals surface area contributed by atoms with Crippen molar-refractivity contribution in [2.24, 2.45) is 5.41 Å². The molecule has 2 aliphatic heterocycles. The second-order valence-corrected chi connectivity index (χ2v) is 10.6. The maximum atomic E-state index is 12.3. The number of ether oxygens (including phenoxy) is 1. The molecule has 0 spiro atoms. The number of hydrogen-bond donors (Lipinski definition) is 1. The fraction of sp³-hybridized carbons (Fsp3) is 0.577. The molecule has 2 atom stereocenters. The molecule has 0 amide bonds. The maximum absolute atomic E-state index is 12.3. The van der Waals surface area contributed by atoms with Crippen LogP contribution in [0.1, 0.15) is 81.7 Å². The van der Waals surface area contributed by atoms with Gasteiger partial charge in [-0.2, -0.15) is 0 Å². The Morgan fingerprint density at radius 2 is 1.77 bits per heavy atom. The Kier molecular flexibility index (Phi) is 5.32. The van der Waals surface area contributed by atoms with Crippen molar-refractivity contribution in [1.29, 1.82) is 0 Å². The highest BCUT2D eigenvalue weighted by Gasteiger charge is 2.55. The lowest BCUT2D eigenvalue weighted by atomic mass is 9.62. The van der Waals surface area contributed by atoms with E-state index in [1.54, 1.807) is 0 Å². The minimum absolute atomic E-state index is 0.0388. The highest BCUT2D eigenvalue weighted by atomic mass is 16.5. The standard InChI is InChI=1S/C26H36N2O2/c1-18(2)19-7-9-21(10-8-19)26(29,25(5)16-28(6)17-25)22-13-20(14-27-15-22)23-11-12-24(3,4)30-23/h7-10,13-15,18,23,29H,11-12,16-17H2,1-6H3/t23?,26-/m0/s1. The van der Waals surface area contributed by atoms with Crippen LogP contribution >= 0.6 is 0 Å². The van der Waals surface area contributed by atoms with Gasteiger partial charge in [0.05, 0.1) is 11.7 Å². The monoisotopic (exact) mass is 408 g/mol. The summed E-state index contributed by atoms with van der Waals surface area (Å²) in [4.78, 5) is 6.81. The zero-order chi connectivity index (χ0) is 21.7. The quantitative estimate of drug-likeness (QED) is 0.754. The Morgan fingerprint density at radius 1 is 1.10 bits per heavy atom. The molecule has 4 nitrogen and oxygen atoms in total. The highest BCUT2D eigenvalue weighted by molar-refractivity contribution is 5.42. The van der Waals surface area contributed by atoms with Crippen molar-refractivity contribution in [3.8, 4) is 0 Å². The van der Waals surface area contributed by atoms with Crippen molar-refractivity contribution in [1.82, 2.24) is 9.88 Å². The van der Waals surface area contributed by atoms with Crippen LogP contribution < -0.4 is 0 Å². The lowest BCUT2D eigenvalue weighted by Crippen LogP contribution is -2.63. The van der Waals surface area contributed by atoms with Gasteiger partial charge in [-0.15, -0.1) is 0 Å². The normalized spacial score (nSPS) is 25.1. The molecule has 4 heteroatoms. The number of likely N-dealkylation sites (tertiary alicyclic amines) is 1. The van der Waals surface area contributed by atoms with Crippen molar-refractivity contribution in [2.45, 2.75) is 70.7 Å². The smallest absolute Gasteiger partial charge is 0.124 e. The second kappa shape index (κ2) is 7.44. The number of pyridine rings is 1. The number of benzene rings is 1. The first-order valence-corrected chi connectivity index (χ1v) is 11.2. The Balaban J connectivity index is 1.77. The molecule has 2 aromatic rings. The van der Waals surface area contributed by atoms with Gasteiger partial charge in [0.25, 0.3) is 0 Å². The number of hydrogen-bond acceptors (Lipinski definition) is 4. The van der Waals surface area contributed by atoms with E-state index in [0.29, 0.717) is 5.92 Å². The van der Waals surface area contributed by atoms with Crippen LogP contribution in [0, 0.1) is 5.41 Å². The fourth-order valence-corrected chi connectivity index (χ4v) is 5.39. The molecule has 1 aromatic heterocycles. The molecule has 3 heterocycles. The molecule has 1 unspecified atom stereocenters. The second-order valence-electron chi connectivity index (χ2n) is 10.6. The van der Waals surface area contributed by atoms with Gasteiger partial charge in [-0.1, -0.05) is 45.0 Å². The van der Waals surface area contributed by atoms with E-state index in [0.717, 1.165) is 42.6 Å². The molecular formula is C26H36N2O2. The number of rotatable bonds is 5. The molecule has 2 saturated heterocycles. The molecule has 2 fully saturated rings. The van der Waals surface area contributed by atoms with Crippen LogP contribution in [-0.4, -0.2) is 40.7 Å². The van der Waals surface area contributed by atoms with E-state index in [1.807, 2.05) is 12.4 Å². The summed E-state index contributed by atoms with van der Waals surface area (Å²) in [5.74, 6) is 0.463. The SMILES string of the molecule is CC(C)c1ccc([C@](O)(c2cncc(C3CCC(C)(C)O3)c2)C2(C)CN(C)C2)cc1. The summed E-state index contributed by atoms with van der Waals surface area (Å²) in [6.45, 7) is 12.5. The largest absolute Gasteiger partial charge is 0.380 e. The van der Waals surface area contributed by atoms with Gasteiger partial charge in [0.15, 0.2) is 0 Å². The summed E-state index contributed by atoms with van der Waals surface area (Å²) in [5.41, 5.74) is 2.66. The first-order valence-electron chi connectivity index (χ1n) is 11.2. The molecule has 162 valence electrons. The van der Waals surface area contributed by atoms with Gasteiger partial charge in [-0.25, -0.2) is 0 Å². The average molecular weight is 409 g/mol. The molecule has 4 rings (SSSR count). The number of aliphatic hydroxyl groups is 1. The van der Waals surface area contributed by atoms with E-state index in [1.165, 1.54) is 5.56 Å². The predicted octanol–water partition coefficient (Wildman–Crippen LogP) is 5.02. The first-order chi connectivity index (χ1) is 14.0. The lowest BCUT2D eigenvalue weighted by Gasteiger charge is -2.56. The van der Waals surface area contributed by atoms with E-state index in [9.17, 15) is 5.11 Å². The number of aromatic nitrogens is 1. The van der Waals surface area contributed by atoms with E-state index in [-0.39, 0.29) is 17.1 Å². The Hall–Kier alpha value is -1.75. The molecule has 1 aromatic carbocycles. The van der Waals surface area contributed by atoms with Gasteiger partial charge in [0.1, 0.15) is 5.60 Å². The Bertz CT molecular complexity index is 900. The topological polar surface area (TPSA) is 45.6 Å². The number of nitrogens with zero attached hydrogens (tertiary/aromatic N) is 2. The van der Waals surface area contributed by atoms with E-state index in [4.69, 9.17) is 4.74 Å². The van der Waals surface area contributed by atoms with Gasteiger partial charge in [-0.05, 0) is 62.4 Å². The average Bonchev–Trinajstić information content (AvgIpc) is 3.06. The molecule has 0 radical (unpaired) electrons. The van der Waals surface area contributed by atoms with Gasteiger partial charge in [0, 0.05) is 36.5 Å². The third kappa shape index (κ3) is 3.59. The zero-order valence-electron chi connectivity index (χ0n) is 19.3. The molecule has 0 bridgehead atoms. The Labute approximate surface area is 181 Å². The first kappa shape index (κ1) is 21.5. The molecule has 1 N–H and O–H groups in total. The molecule has 30 heavy (non-hydrogen) atoms. The molecular weight excluding hydrogens is 372 g/mol. The molecule has 2 aliphatic rings. The van der Waals surface area contributed by atoms with Gasteiger partial charge >= 0.3 is 0 Å². The van der Waals surface area contributed by atoms with E-state index in [2.05, 4.69) is 81.9 Å². The summed E-state index contributed by atoms with van der Waals surface area (Å²) in [6.07, 6.45) is 5.79. The zero-order valence-corrected chi connectivity index (χ0v) is 19.3. The third-order valence-electron chi connectivity index (χ3n) is 7.13. The van der Waals surface area contributed by atoms with Crippen LogP contribution in [0.3, 0.4) is 0 Å². The van der Waals surface area contributed by atoms with Crippen molar-refractivity contribution in [3.63, 3.8) is 0 Å². The third-order valence-corrected chi connectivity index (χ3v) is 7.13. The van der Waals surface area contributed by atoms with Gasteiger partial charge in [-0.3, -0.25) is 4.98 Å². The maximum Gasteiger partial charge on any atom is 0.124 e. The van der Waals surface area contributed by atoms with Crippen molar-refractivity contribution in [3.05, 3.63) is 65.0 Å². The summed E-state index contributed by atoms with van der Waals surface area (Å²) in [6, 6.07) is 10.6. The van der Waals surface area contributed by atoms with Crippen LogP contribution in [0.2, 0.25) is 0 Å². The molecule has 0 aliphatic carbocycles. The molecule has 0 saturated carbocycles. The van der Waals surface area contributed by atoms with Crippen molar-refractivity contribution < 1.29 is 9.84 Å². The van der Waals surface area contributed by atoms with Crippen LogP contribution in [0.15, 0.2) is 42.7 Å². The van der Waals surface area contributed by atoms with Gasteiger partial charge in [0.2, 0.25) is 0 Å². The minimum atomic E-state index is -1.11. The van der Waals surface area contributed by atoms with Crippen molar-refractivity contribution in [2.75, 3.05) is 20.1 Å². The van der Waals surface area contributed by atoms with Crippen LogP contribution in [0.25, 0.3) is 0 Å². The van der Waals surface area contributed by atoms with E-state index >= 15 is 0 Å². The summed E-state index contributed by atoms with van der Waals surface area (Å²) >= 11 is 0. The predicted molar refractivity (Wildman–Crippen MR) is 121 cm³/mol. The fourth-order valence-electron chi connectivity index (χ4n) is 5.39. The summed E-state index contributed by atoms with van der Waals surface area (Å²) in [5, 5.41) is 12.3. The van der Waals surface area contributed by atoms with Crippen LogP contribution in [0.5, 0.6) is 0 Å². The van der Waals surface area contributed by atoms with Gasteiger partial charge < -0.3 is 14.7 Å². The minimum Gasteiger partial charge on any atom is -0.380 e. The van der Waals surface area contributed by atoms with Crippen molar-refractivity contribution >= 4 is 0 Å². The highest BCUT2D eigenvalue weighted by Crippen LogP contribution is 2.50. The Morgan fingerprint density at radius 3 is 2.30 bits per heavy atom. The lowest BCUT2D eigenvalue weighted by molar-refractivity contribution is -0.127. The van der Waals surface area contributed by atoms with E-state index < -0.39 is 5.60 Å². The summed E-state index contributed by atoms with van der Waals surface area (Å²) in [7, 11) is 2.10.